The summed E-state index contributed by atoms with van der Waals surface area (Å²) in [4.78, 5) is 73.1. The summed E-state index contributed by atoms with van der Waals surface area (Å²) in [7, 11) is -10.00. The number of ether oxygens (including phenoxy) is 4. The monoisotopic (exact) mass is 1530 g/mol. The second kappa shape index (κ2) is 78.1. The van der Waals surface area contributed by atoms with Crippen LogP contribution >= 0.6 is 15.6 Å². The molecule has 0 aromatic rings. The van der Waals surface area contributed by atoms with Crippen LogP contribution < -0.4 is 0 Å². The van der Waals surface area contributed by atoms with E-state index < -0.39 is 97.5 Å². The number of hydrogen-bond acceptors (Lipinski definition) is 15. The van der Waals surface area contributed by atoms with E-state index in [2.05, 4.69) is 155 Å². The fourth-order valence-corrected chi connectivity index (χ4v) is 12.1. The molecule has 0 heterocycles. The Hall–Kier alpha value is -5.06. The Kier molecular flexibility index (Phi) is 74.3. The first-order valence-corrected chi connectivity index (χ1v) is 44.1. The number of unbranched alkanes of at least 4 members (excludes halogenated alkanes) is 26. The highest BCUT2D eigenvalue weighted by molar-refractivity contribution is 7.47. The summed E-state index contributed by atoms with van der Waals surface area (Å²) in [6.45, 7) is 4.57. The topological polar surface area (TPSA) is 237 Å². The van der Waals surface area contributed by atoms with Crippen LogP contribution in [-0.4, -0.2) is 96.7 Å². The van der Waals surface area contributed by atoms with E-state index in [1.807, 2.05) is 18.2 Å². The van der Waals surface area contributed by atoms with Crippen LogP contribution in [0.5, 0.6) is 0 Å². The van der Waals surface area contributed by atoms with Gasteiger partial charge in [0.25, 0.3) is 0 Å². The minimum absolute atomic E-state index is 0.0304. The second-order valence-corrected chi connectivity index (χ2v) is 29.9. The fraction of sp³-hybridized carbons (Fsp3) is 0.678. The Morgan fingerprint density at radius 1 is 0.274 bits per heavy atom. The maximum atomic E-state index is 13.1. The third-order valence-electron chi connectivity index (χ3n) is 16.8. The summed E-state index contributed by atoms with van der Waals surface area (Å²) in [6, 6.07) is 0. The highest BCUT2D eigenvalue weighted by Crippen LogP contribution is 2.45. The largest absolute Gasteiger partial charge is 0.472 e. The van der Waals surface area contributed by atoms with E-state index in [9.17, 15) is 43.2 Å². The molecule has 0 rings (SSSR count). The predicted octanol–water partition coefficient (Wildman–Crippen LogP) is 24.2. The zero-order chi connectivity index (χ0) is 77.4. The van der Waals surface area contributed by atoms with Crippen LogP contribution in [0.3, 0.4) is 0 Å². The normalized spacial score (nSPS) is 14.6. The number of rotatable bonds is 76. The van der Waals surface area contributed by atoms with Gasteiger partial charge in [0, 0.05) is 25.7 Å². The molecule has 0 saturated heterocycles. The fourth-order valence-electron chi connectivity index (χ4n) is 10.5. The Morgan fingerprint density at radius 2 is 0.509 bits per heavy atom. The molecule has 17 nitrogen and oxygen atoms in total. The lowest BCUT2D eigenvalue weighted by atomic mass is 10.1. The molecule has 106 heavy (non-hydrogen) atoms. The molecule has 5 atom stereocenters. The molecule has 0 aromatic heterocycles. The van der Waals surface area contributed by atoms with Gasteiger partial charge in [-0.1, -0.05) is 283 Å². The van der Waals surface area contributed by atoms with Crippen molar-refractivity contribution in [3.05, 3.63) is 146 Å². The van der Waals surface area contributed by atoms with Gasteiger partial charge in [0.05, 0.1) is 26.4 Å². The molecule has 0 bridgehead atoms. The van der Waals surface area contributed by atoms with Gasteiger partial charge >= 0.3 is 39.5 Å². The Bertz CT molecular complexity index is 2580. The first-order valence-electron chi connectivity index (χ1n) is 41.1. The molecule has 0 amide bonds. The van der Waals surface area contributed by atoms with Crippen LogP contribution in [-0.2, 0) is 65.4 Å². The molecule has 0 radical (unpaired) electrons. The van der Waals surface area contributed by atoms with Crippen LogP contribution in [0.1, 0.15) is 323 Å². The van der Waals surface area contributed by atoms with Crippen LogP contribution in [0.4, 0.5) is 0 Å². The quantitative estimate of drug-likeness (QED) is 0.0169. The van der Waals surface area contributed by atoms with Gasteiger partial charge in [-0.15, -0.1) is 0 Å². The van der Waals surface area contributed by atoms with E-state index in [-0.39, 0.29) is 25.7 Å². The zero-order valence-corrected chi connectivity index (χ0v) is 68.1. The van der Waals surface area contributed by atoms with Crippen LogP contribution in [0.15, 0.2) is 146 Å². The van der Waals surface area contributed by atoms with Gasteiger partial charge in [-0.2, -0.15) is 0 Å². The van der Waals surface area contributed by atoms with Gasteiger partial charge in [-0.25, -0.2) is 9.13 Å². The van der Waals surface area contributed by atoms with Crippen LogP contribution in [0.2, 0.25) is 0 Å². The van der Waals surface area contributed by atoms with Crippen LogP contribution in [0, 0.1) is 0 Å². The van der Waals surface area contributed by atoms with Crippen LogP contribution in [0.25, 0.3) is 0 Å². The maximum absolute atomic E-state index is 13.1. The molecule has 0 aliphatic rings. The number of phosphoric acid groups is 2. The molecular formula is C87H146O17P2. The highest BCUT2D eigenvalue weighted by Gasteiger charge is 2.30. The number of carbonyl (C=O) groups is 4. The molecule has 3 N–H and O–H groups in total. The molecule has 19 heteroatoms. The third-order valence-corrected chi connectivity index (χ3v) is 18.7. The molecule has 0 aliphatic carbocycles. The van der Waals surface area contributed by atoms with Crippen molar-refractivity contribution in [2.24, 2.45) is 0 Å². The first-order chi connectivity index (χ1) is 51.7. The van der Waals surface area contributed by atoms with Crippen molar-refractivity contribution in [1.82, 2.24) is 0 Å². The smallest absolute Gasteiger partial charge is 0.462 e. The summed E-state index contributed by atoms with van der Waals surface area (Å²) in [6.07, 6.45) is 89.7. The van der Waals surface area contributed by atoms with Gasteiger partial charge in [0.15, 0.2) is 12.2 Å². The summed E-state index contributed by atoms with van der Waals surface area (Å²) in [5, 5.41) is 10.7. The van der Waals surface area contributed by atoms with Crippen molar-refractivity contribution in [2.75, 3.05) is 39.6 Å². The molecule has 0 aliphatic heterocycles. The minimum atomic E-state index is -5.00. The van der Waals surface area contributed by atoms with E-state index in [0.717, 1.165) is 180 Å². The van der Waals surface area contributed by atoms with E-state index in [1.165, 1.54) is 57.8 Å². The van der Waals surface area contributed by atoms with Crippen molar-refractivity contribution in [2.45, 2.75) is 341 Å². The molecule has 606 valence electrons. The number of phosphoric ester groups is 2. The molecule has 0 spiro atoms. The van der Waals surface area contributed by atoms with Gasteiger partial charge in [0.1, 0.15) is 19.3 Å². The highest BCUT2D eigenvalue weighted by atomic mass is 31.2. The number of aliphatic hydroxyl groups is 1. The van der Waals surface area contributed by atoms with Crippen molar-refractivity contribution in [3.8, 4) is 0 Å². The number of allylic oxidation sites excluding steroid dienone is 24. The van der Waals surface area contributed by atoms with Crippen molar-refractivity contribution in [3.63, 3.8) is 0 Å². The average Bonchev–Trinajstić information content (AvgIpc) is 0.902. The predicted molar refractivity (Wildman–Crippen MR) is 436 cm³/mol. The van der Waals surface area contributed by atoms with E-state index in [0.29, 0.717) is 32.1 Å². The van der Waals surface area contributed by atoms with E-state index >= 15 is 0 Å². The van der Waals surface area contributed by atoms with E-state index in [1.54, 1.807) is 0 Å². The maximum Gasteiger partial charge on any atom is 0.472 e. The number of aliphatic hydroxyl groups excluding tert-OH is 1. The zero-order valence-electron chi connectivity index (χ0n) is 66.3. The Balaban J connectivity index is 5.47. The third kappa shape index (κ3) is 77.1. The average molecular weight is 1530 g/mol. The minimum Gasteiger partial charge on any atom is -0.462 e. The lowest BCUT2D eigenvalue weighted by molar-refractivity contribution is -0.161. The standard InChI is InChI=1S/C87H146O17P2/c1-5-9-13-17-21-25-29-33-37-39-40-42-45-48-52-56-60-64-68-72-85(90)98-78-83(104-87(92)74-70-66-62-58-54-50-46-41-38-34-30-26-22-18-14-10-6-2)80-102-106(95,96)100-76-81(88)75-99-105(93,94)101-79-82(103-86(91)73-69-65-61-57-53-49-44-36-32-28-24-20-16-12-8-4)77-97-84(89)71-67-63-59-55-51-47-43-35-31-27-23-19-15-11-7-3/h9,13,21-28,33-38,40,42-44,48,52,60,64,81-83,88H,5-8,10-12,14-20,29-32,39,41,45-47,49-51,53-59,61-63,65-80H2,1-4H3,(H,93,94)(H,95,96)/t81?,82-,83-/m1/s1. The number of hydrogen-bond donors (Lipinski definition) is 3. The molecule has 0 saturated carbocycles. The first kappa shape index (κ1) is 101. The number of carbonyl (C=O) groups excluding carboxylic acids is 4. The lowest BCUT2D eigenvalue weighted by Crippen LogP contribution is -2.30. The Morgan fingerprint density at radius 3 is 0.811 bits per heavy atom. The summed E-state index contributed by atoms with van der Waals surface area (Å²) in [5.41, 5.74) is 0. The molecule has 0 aromatic carbocycles. The lowest BCUT2D eigenvalue weighted by Gasteiger charge is -2.21. The van der Waals surface area contributed by atoms with Crippen molar-refractivity contribution in [1.29, 1.82) is 0 Å². The van der Waals surface area contributed by atoms with Gasteiger partial charge in [-0.05, 0) is 161 Å². The van der Waals surface area contributed by atoms with E-state index in [4.69, 9.17) is 37.0 Å². The second-order valence-electron chi connectivity index (χ2n) is 27.0. The number of esters is 4. The molecular weight excluding hydrogens is 1380 g/mol. The summed E-state index contributed by atoms with van der Waals surface area (Å²) in [5.74, 6) is -2.31. The Labute approximate surface area is 643 Å². The van der Waals surface area contributed by atoms with Crippen molar-refractivity contribution >= 4 is 39.5 Å². The SMILES string of the molecule is CCC=CCC=CCC=CCC=CCC=CCC=CCCC(=O)OC[C@H](COP(=O)(O)OCC(O)COP(=O)(O)OC[C@@H](COC(=O)CCCCCCCC=CCC=CCCCCC)OC(=O)CCCCCCCC=CCC=CCCCCC)OC(=O)CCCCCCCCCC=CCC=CCCCCC. The van der Waals surface area contributed by atoms with Gasteiger partial charge < -0.3 is 33.8 Å². The van der Waals surface area contributed by atoms with Gasteiger partial charge in [-0.3, -0.25) is 37.3 Å². The molecule has 3 unspecified atom stereocenters. The van der Waals surface area contributed by atoms with Gasteiger partial charge in [0.2, 0.25) is 0 Å². The van der Waals surface area contributed by atoms with Crippen molar-refractivity contribution < 1.29 is 80.2 Å². The summed E-state index contributed by atoms with van der Waals surface area (Å²) < 4.78 is 68.6. The molecule has 0 fully saturated rings. The summed E-state index contributed by atoms with van der Waals surface area (Å²) >= 11 is 0.